The molecule has 2 rings (SSSR count). The van der Waals surface area contributed by atoms with E-state index in [1.54, 1.807) is 23.1 Å². The van der Waals surface area contributed by atoms with Crippen LogP contribution in [0.5, 0.6) is 0 Å². The van der Waals surface area contributed by atoms with Crippen molar-refractivity contribution in [2.24, 2.45) is 0 Å². The molecule has 2 unspecified atom stereocenters. The molecule has 1 fully saturated rings. The molecule has 4 heteroatoms. The highest BCUT2D eigenvalue weighted by molar-refractivity contribution is 8.01. The Bertz CT molecular complexity index is 237. The van der Waals surface area contributed by atoms with Crippen molar-refractivity contribution in [2.75, 3.05) is 13.1 Å². The fourth-order valence-corrected chi connectivity index (χ4v) is 3.36. The molecule has 0 aliphatic carbocycles. The summed E-state index contributed by atoms with van der Waals surface area (Å²) in [7, 11) is 0. The number of hydrogen-bond donors (Lipinski definition) is 2. The van der Waals surface area contributed by atoms with Gasteiger partial charge < -0.3 is 10.4 Å². The number of rotatable bonds is 2. The number of nitrogens with one attached hydrogen (secondary N) is 1. The van der Waals surface area contributed by atoms with Crippen LogP contribution in [0.4, 0.5) is 0 Å². The summed E-state index contributed by atoms with van der Waals surface area (Å²) in [6.07, 6.45) is -0.183. The van der Waals surface area contributed by atoms with Crippen molar-refractivity contribution in [2.45, 2.75) is 15.6 Å². The fraction of sp³-hybridized carbons (Fsp3) is 0.500. The smallest absolute Gasteiger partial charge is 0.0799 e. The van der Waals surface area contributed by atoms with E-state index in [2.05, 4.69) is 16.8 Å². The van der Waals surface area contributed by atoms with Gasteiger partial charge in [-0.05, 0) is 11.4 Å². The number of β-amino-alcohol motifs (C(OH)–C–C–N with tert-alkyl or cyclic N) is 1. The summed E-state index contributed by atoms with van der Waals surface area (Å²) in [6, 6.07) is 4.14. The summed E-state index contributed by atoms with van der Waals surface area (Å²) in [6.45, 7) is 1.66. The first-order valence-corrected chi connectivity index (χ1v) is 5.71. The van der Waals surface area contributed by atoms with Gasteiger partial charge in [-0.3, -0.25) is 0 Å². The van der Waals surface area contributed by atoms with E-state index >= 15 is 0 Å². The third-order valence-electron chi connectivity index (χ3n) is 1.89. The second kappa shape index (κ2) is 3.79. The summed E-state index contributed by atoms with van der Waals surface area (Å²) < 4.78 is 1.29. The van der Waals surface area contributed by atoms with Gasteiger partial charge in [-0.25, -0.2) is 0 Å². The zero-order chi connectivity index (χ0) is 8.39. The third-order valence-corrected chi connectivity index (χ3v) is 4.28. The molecule has 1 aliphatic heterocycles. The van der Waals surface area contributed by atoms with Gasteiger partial charge >= 0.3 is 0 Å². The Labute approximate surface area is 80.0 Å². The van der Waals surface area contributed by atoms with Crippen LogP contribution in [0.25, 0.3) is 0 Å². The van der Waals surface area contributed by atoms with Crippen molar-refractivity contribution in [3.63, 3.8) is 0 Å². The van der Waals surface area contributed by atoms with E-state index in [1.165, 1.54) is 4.21 Å². The lowest BCUT2D eigenvalue weighted by atomic mass is 10.3. The van der Waals surface area contributed by atoms with Gasteiger partial charge in [-0.15, -0.1) is 23.1 Å². The SMILES string of the molecule is OC1CNCC1Sc1cccs1. The minimum atomic E-state index is -0.183. The maximum Gasteiger partial charge on any atom is 0.0799 e. The molecule has 2 nitrogen and oxygen atoms in total. The molecule has 0 radical (unpaired) electrons. The highest BCUT2D eigenvalue weighted by Crippen LogP contribution is 2.30. The fourth-order valence-electron chi connectivity index (χ4n) is 1.24. The van der Waals surface area contributed by atoms with Crippen LogP contribution in [0.15, 0.2) is 21.7 Å². The molecular weight excluding hydrogens is 190 g/mol. The molecule has 2 N–H and O–H groups in total. The molecule has 0 bridgehead atoms. The molecule has 1 aliphatic rings. The molecule has 0 aromatic carbocycles. The molecule has 1 aromatic heterocycles. The third kappa shape index (κ3) is 1.82. The first-order valence-electron chi connectivity index (χ1n) is 3.95. The summed E-state index contributed by atoms with van der Waals surface area (Å²) in [5.74, 6) is 0. The van der Waals surface area contributed by atoms with Gasteiger partial charge in [0.05, 0.1) is 10.3 Å². The van der Waals surface area contributed by atoms with Crippen molar-refractivity contribution < 1.29 is 5.11 Å². The Balaban J connectivity index is 1.95. The van der Waals surface area contributed by atoms with Crippen molar-refractivity contribution in [1.29, 1.82) is 0 Å². The van der Waals surface area contributed by atoms with Crippen molar-refractivity contribution >= 4 is 23.1 Å². The van der Waals surface area contributed by atoms with E-state index < -0.39 is 0 Å². The van der Waals surface area contributed by atoms with E-state index in [9.17, 15) is 5.11 Å². The molecule has 0 amide bonds. The maximum absolute atomic E-state index is 9.51. The van der Waals surface area contributed by atoms with Crippen LogP contribution in [0.2, 0.25) is 0 Å². The Morgan fingerprint density at radius 2 is 2.50 bits per heavy atom. The number of aliphatic hydroxyl groups is 1. The first kappa shape index (κ1) is 8.56. The minimum Gasteiger partial charge on any atom is -0.391 e. The van der Waals surface area contributed by atoms with Gasteiger partial charge in [-0.2, -0.15) is 0 Å². The van der Waals surface area contributed by atoms with Crippen LogP contribution < -0.4 is 5.32 Å². The van der Waals surface area contributed by atoms with Crippen LogP contribution in [0.1, 0.15) is 0 Å². The van der Waals surface area contributed by atoms with Gasteiger partial charge in [0.15, 0.2) is 0 Å². The topological polar surface area (TPSA) is 32.3 Å². The second-order valence-corrected chi connectivity index (χ2v) is 5.30. The summed E-state index contributed by atoms with van der Waals surface area (Å²) in [4.78, 5) is 0. The van der Waals surface area contributed by atoms with Gasteiger partial charge in [0.25, 0.3) is 0 Å². The number of thiophene rings is 1. The van der Waals surface area contributed by atoms with Crippen molar-refractivity contribution in [3.05, 3.63) is 17.5 Å². The van der Waals surface area contributed by atoms with E-state index in [1.807, 2.05) is 6.07 Å². The average Bonchev–Trinajstić information content (AvgIpc) is 2.65. The molecule has 12 heavy (non-hydrogen) atoms. The largest absolute Gasteiger partial charge is 0.391 e. The molecule has 66 valence electrons. The second-order valence-electron chi connectivity index (χ2n) is 2.81. The van der Waals surface area contributed by atoms with E-state index in [4.69, 9.17) is 0 Å². The summed E-state index contributed by atoms with van der Waals surface area (Å²) in [5.41, 5.74) is 0. The van der Waals surface area contributed by atoms with Crippen LogP contribution in [-0.4, -0.2) is 29.5 Å². The van der Waals surface area contributed by atoms with Crippen LogP contribution in [0.3, 0.4) is 0 Å². The lowest BCUT2D eigenvalue weighted by Gasteiger charge is -2.10. The van der Waals surface area contributed by atoms with Crippen molar-refractivity contribution in [1.82, 2.24) is 5.32 Å². The van der Waals surface area contributed by atoms with Crippen LogP contribution in [-0.2, 0) is 0 Å². The average molecular weight is 201 g/mol. The minimum absolute atomic E-state index is 0.183. The maximum atomic E-state index is 9.51. The molecule has 2 atom stereocenters. The lowest BCUT2D eigenvalue weighted by Crippen LogP contribution is -2.19. The van der Waals surface area contributed by atoms with Gasteiger partial charge in [0.1, 0.15) is 0 Å². The molecule has 2 heterocycles. The zero-order valence-corrected chi connectivity index (χ0v) is 8.20. The normalized spacial score (nSPS) is 29.4. The molecule has 0 saturated carbocycles. The Hall–Kier alpha value is -0.0300. The Kier molecular flexibility index (Phi) is 2.70. The number of aliphatic hydroxyl groups excluding tert-OH is 1. The standard InChI is InChI=1S/C8H11NOS2/c10-6-4-9-5-7(6)12-8-2-1-3-11-8/h1-3,6-7,9-10H,4-5H2. The molecular formula is C8H11NOS2. The number of hydrogen-bond acceptors (Lipinski definition) is 4. The monoisotopic (exact) mass is 201 g/mol. The quantitative estimate of drug-likeness (QED) is 0.753. The highest BCUT2D eigenvalue weighted by Gasteiger charge is 2.25. The van der Waals surface area contributed by atoms with Crippen LogP contribution in [0, 0.1) is 0 Å². The molecule has 0 spiro atoms. The number of thioether (sulfide) groups is 1. The van der Waals surface area contributed by atoms with Crippen LogP contribution >= 0.6 is 23.1 Å². The molecule has 1 saturated heterocycles. The Morgan fingerprint density at radius 3 is 3.08 bits per heavy atom. The lowest BCUT2D eigenvalue weighted by molar-refractivity contribution is 0.201. The highest BCUT2D eigenvalue weighted by atomic mass is 32.2. The van der Waals surface area contributed by atoms with Gasteiger partial charge in [0.2, 0.25) is 0 Å². The summed E-state index contributed by atoms with van der Waals surface area (Å²) >= 11 is 3.51. The van der Waals surface area contributed by atoms with Gasteiger partial charge in [0, 0.05) is 18.3 Å². The summed E-state index contributed by atoms with van der Waals surface area (Å²) in [5, 5.41) is 15.1. The van der Waals surface area contributed by atoms with Crippen molar-refractivity contribution in [3.8, 4) is 0 Å². The van der Waals surface area contributed by atoms with E-state index in [0.29, 0.717) is 5.25 Å². The Morgan fingerprint density at radius 1 is 1.58 bits per heavy atom. The molecule has 1 aromatic rings. The van der Waals surface area contributed by atoms with E-state index in [-0.39, 0.29) is 6.10 Å². The first-order chi connectivity index (χ1) is 5.86. The van der Waals surface area contributed by atoms with Gasteiger partial charge in [-0.1, -0.05) is 6.07 Å². The van der Waals surface area contributed by atoms with E-state index in [0.717, 1.165) is 13.1 Å². The predicted molar refractivity (Wildman–Crippen MR) is 52.8 cm³/mol. The predicted octanol–water partition coefficient (Wildman–Crippen LogP) is 1.17. The zero-order valence-electron chi connectivity index (χ0n) is 6.56.